The Morgan fingerprint density at radius 1 is 1.21 bits per heavy atom. The van der Waals surface area contributed by atoms with E-state index < -0.39 is 0 Å². The Hall–Kier alpha value is -1.85. The van der Waals surface area contributed by atoms with E-state index in [0.29, 0.717) is 5.92 Å². The van der Waals surface area contributed by atoms with E-state index in [2.05, 4.69) is 46.6 Å². The lowest BCUT2D eigenvalue weighted by Crippen LogP contribution is -2.38. The van der Waals surface area contributed by atoms with Gasteiger partial charge < -0.3 is 10.2 Å². The molecule has 1 saturated heterocycles. The van der Waals surface area contributed by atoms with Crippen LogP contribution < -0.4 is 10.2 Å². The molecule has 0 unspecified atom stereocenters. The first-order valence-corrected chi connectivity index (χ1v) is 11.4. The molecule has 0 spiro atoms. The Morgan fingerprint density at radius 3 is 2.61 bits per heavy atom. The van der Waals surface area contributed by atoms with Crippen LogP contribution in [0.1, 0.15) is 47.8 Å². The average molecular weight is 400 g/mol. The summed E-state index contributed by atoms with van der Waals surface area (Å²) < 4.78 is 0. The standard InChI is InChI=1S/C23H33N3OS/c1-3-4-13-25(2)21-9-7-20(8-10-21)23(27)24-17-19-11-14-26(15-12-19)18-22-6-5-16-28-22/h5-10,16,19H,3-4,11-15,17-18H2,1-2H3,(H,24,27). The molecule has 1 aliphatic heterocycles. The Morgan fingerprint density at radius 2 is 1.96 bits per heavy atom. The Labute approximate surface area is 173 Å². The molecule has 0 radical (unpaired) electrons. The number of nitrogens with one attached hydrogen (secondary N) is 1. The van der Waals surface area contributed by atoms with E-state index in [0.717, 1.165) is 51.1 Å². The number of amides is 1. The molecule has 0 saturated carbocycles. The van der Waals surface area contributed by atoms with Crippen LogP contribution in [0.3, 0.4) is 0 Å². The molecule has 4 nitrogen and oxygen atoms in total. The number of rotatable bonds is 9. The number of nitrogens with zero attached hydrogens (tertiary/aromatic N) is 2. The molecule has 2 heterocycles. The van der Waals surface area contributed by atoms with Gasteiger partial charge in [0.05, 0.1) is 0 Å². The van der Waals surface area contributed by atoms with E-state index >= 15 is 0 Å². The molecule has 28 heavy (non-hydrogen) atoms. The topological polar surface area (TPSA) is 35.6 Å². The van der Waals surface area contributed by atoms with Crippen LogP contribution in [0, 0.1) is 5.92 Å². The molecular formula is C23H33N3OS. The lowest BCUT2D eigenvalue weighted by atomic mass is 9.96. The van der Waals surface area contributed by atoms with Crippen LogP contribution in [0.25, 0.3) is 0 Å². The van der Waals surface area contributed by atoms with Crippen LogP contribution in [-0.2, 0) is 6.54 Å². The number of anilines is 1. The summed E-state index contributed by atoms with van der Waals surface area (Å²) >= 11 is 1.83. The van der Waals surface area contributed by atoms with Crippen LogP contribution >= 0.6 is 11.3 Å². The number of benzene rings is 1. The van der Waals surface area contributed by atoms with E-state index in [1.54, 1.807) is 0 Å². The normalized spacial score (nSPS) is 15.5. The smallest absolute Gasteiger partial charge is 0.251 e. The minimum atomic E-state index is 0.0452. The molecule has 152 valence electrons. The van der Waals surface area contributed by atoms with E-state index in [1.807, 2.05) is 35.6 Å². The molecule has 1 amide bonds. The van der Waals surface area contributed by atoms with Gasteiger partial charge in [-0.25, -0.2) is 0 Å². The molecule has 2 aromatic rings. The zero-order valence-electron chi connectivity index (χ0n) is 17.2. The molecule has 5 heteroatoms. The molecule has 1 aromatic heterocycles. The largest absolute Gasteiger partial charge is 0.375 e. The quantitative estimate of drug-likeness (QED) is 0.668. The highest BCUT2D eigenvalue weighted by atomic mass is 32.1. The number of carbonyl (C=O) groups excluding carboxylic acids is 1. The second-order valence-corrected chi connectivity index (χ2v) is 8.86. The Kier molecular flexibility index (Phi) is 7.92. The van der Waals surface area contributed by atoms with Crippen molar-refractivity contribution >= 4 is 22.9 Å². The number of likely N-dealkylation sites (tertiary alicyclic amines) is 1. The molecular weight excluding hydrogens is 366 g/mol. The summed E-state index contributed by atoms with van der Waals surface area (Å²) in [4.78, 5) is 18.7. The van der Waals surface area contributed by atoms with Crippen molar-refractivity contribution in [1.29, 1.82) is 0 Å². The minimum Gasteiger partial charge on any atom is -0.375 e. The third-order valence-electron chi connectivity index (χ3n) is 5.64. The molecule has 0 atom stereocenters. The van der Waals surface area contributed by atoms with Gasteiger partial charge in [-0.05, 0) is 74.0 Å². The second kappa shape index (κ2) is 10.6. The van der Waals surface area contributed by atoms with Gasteiger partial charge in [0.1, 0.15) is 0 Å². The molecule has 3 rings (SSSR count). The van der Waals surface area contributed by atoms with Crippen molar-refractivity contribution in [3.05, 3.63) is 52.2 Å². The fourth-order valence-electron chi connectivity index (χ4n) is 3.70. The SMILES string of the molecule is CCCCN(C)c1ccc(C(=O)NCC2CCN(Cc3cccs3)CC2)cc1. The number of hydrogen-bond acceptors (Lipinski definition) is 4. The van der Waals surface area contributed by atoms with Crippen LogP contribution in [0.2, 0.25) is 0 Å². The van der Waals surface area contributed by atoms with E-state index in [4.69, 9.17) is 0 Å². The van der Waals surface area contributed by atoms with Crippen molar-refractivity contribution in [2.45, 2.75) is 39.2 Å². The number of thiophene rings is 1. The Bertz CT molecular complexity index is 706. The predicted molar refractivity (Wildman–Crippen MR) is 119 cm³/mol. The molecule has 1 aromatic carbocycles. The van der Waals surface area contributed by atoms with Gasteiger partial charge in [0.25, 0.3) is 5.91 Å². The van der Waals surface area contributed by atoms with Gasteiger partial charge in [0.15, 0.2) is 0 Å². The summed E-state index contributed by atoms with van der Waals surface area (Å²) in [5.41, 5.74) is 1.92. The fraction of sp³-hybridized carbons (Fsp3) is 0.522. The van der Waals surface area contributed by atoms with E-state index in [-0.39, 0.29) is 5.91 Å². The van der Waals surface area contributed by atoms with Crippen molar-refractivity contribution in [1.82, 2.24) is 10.2 Å². The second-order valence-electron chi connectivity index (χ2n) is 7.83. The van der Waals surface area contributed by atoms with Gasteiger partial charge >= 0.3 is 0 Å². The minimum absolute atomic E-state index is 0.0452. The summed E-state index contributed by atoms with van der Waals surface area (Å²) in [5, 5.41) is 5.29. The summed E-state index contributed by atoms with van der Waals surface area (Å²) in [5.74, 6) is 0.631. The summed E-state index contributed by atoms with van der Waals surface area (Å²) in [6.07, 6.45) is 4.70. The van der Waals surface area contributed by atoms with Crippen LogP contribution in [0.15, 0.2) is 41.8 Å². The molecule has 1 fully saturated rings. The van der Waals surface area contributed by atoms with Crippen LogP contribution in [-0.4, -0.2) is 44.0 Å². The number of piperidine rings is 1. The number of hydrogen-bond donors (Lipinski definition) is 1. The molecule has 1 aliphatic rings. The van der Waals surface area contributed by atoms with Crippen LogP contribution in [0.4, 0.5) is 5.69 Å². The van der Waals surface area contributed by atoms with Crippen molar-refractivity contribution in [2.24, 2.45) is 5.92 Å². The number of carbonyl (C=O) groups is 1. The van der Waals surface area contributed by atoms with Gasteiger partial charge in [-0.2, -0.15) is 0 Å². The third kappa shape index (κ3) is 6.08. The summed E-state index contributed by atoms with van der Waals surface area (Å²) in [6.45, 7) is 7.34. The first kappa shape index (κ1) is 20.9. The van der Waals surface area contributed by atoms with E-state index in [1.165, 1.54) is 23.4 Å². The summed E-state index contributed by atoms with van der Waals surface area (Å²) in [7, 11) is 2.11. The molecule has 0 aliphatic carbocycles. The number of unbranched alkanes of at least 4 members (excludes halogenated alkanes) is 1. The monoisotopic (exact) mass is 399 g/mol. The maximum absolute atomic E-state index is 12.5. The fourth-order valence-corrected chi connectivity index (χ4v) is 4.45. The van der Waals surface area contributed by atoms with Crippen molar-refractivity contribution in [3.8, 4) is 0 Å². The molecule has 0 bridgehead atoms. The van der Waals surface area contributed by atoms with Crippen molar-refractivity contribution in [3.63, 3.8) is 0 Å². The molecule has 1 N–H and O–H groups in total. The predicted octanol–water partition coefficient (Wildman–Crippen LogP) is 4.63. The third-order valence-corrected chi connectivity index (χ3v) is 6.50. The lowest BCUT2D eigenvalue weighted by molar-refractivity contribution is 0.0935. The van der Waals surface area contributed by atoms with Crippen molar-refractivity contribution in [2.75, 3.05) is 38.1 Å². The van der Waals surface area contributed by atoms with E-state index in [9.17, 15) is 4.79 Å². The highest BCUT2D eigenvalue weighted by Gasteiger charge is 2.20. The average Bonchev–Trinajstić information content (AvgIpc) is 3.24. The van der Waals surface area contributed by atoms with Gasteiger partial charge in [0, 0.05) is 42.8 Å². The maximum Gasteiger partial charge on any atom is 0.251 e. The van der Waals surface area contributed by atoms with Gasteiger partial charge in [-0.15, -0.1) is 11.3 Å². The van der Waals surface area contributed by atoms with Gasteiger partial charge in [-0.1, -0.05) is 19.4 Å². The Balaban J connectivity index is 1.39. The zero-order valence-corrected chi connectivity index (χ0v) is 18.0. The summed E-state index contributed by atoms with van der Waals surface area (Å²) in [6, 6.07) is 12.3. The maximum atomic E-state index is 12.5. The highest BCUT2D eigenvalue weighted by molar-refractivity contribution is 7.09. The van der Waals surface area contributed by atoms with Crippen molar-refractivity contribution < 1.29 is 4.79 Å². The first-order chi connectivity index (χ1) is 13.7. The van der Waals surface area contributed by atoms with Gasteiger partial charge in [-0.3, -0.25) is 9.69 Å². The lowest BCUT2D eigenvalue weighted by Gasteiger charge is -2.31. The zero-order chi connectivity index (χ0) is 19.8. The highest BCUT2D eigenvalue weighted by Crippen LogP contribution is 2.20. The first-order valence-electron chi connectivity index (χ1n) is 10.5. The van der Waals surface area contributed by atoms with Gasteiger partial charge in [0.2, 0.25) is 0 Å². The van der Waals surface area contributed by atoms with Crippen LogP contribution in [0.5, 0.6) is 0 Å².